The van der Waals surface area contributed by atoms with E-state index in [4.69, 9.17) is 5.73 Å². The lowest BCUT2D eigenvalue weighted by molar-refractivity contribution is 0.0941. The van der Waals surface area contributed by atoms with Crippen molar-refractivity contribution in [3.63, 3.8) is 0 Å². The first-order valence-electron chi connectivity index (χ1n) is 9.13. The minimum absolute atomic E-state index is 0.0205. The van der Waals surface area contributed by atoms with E-state index in [1.165, 1.54) is 12.1 Å². The first kappa shape index (κ1) is 17.9. The van der Waals surface area contributed by atoms with Gasteiger partial charge in [-0.15, -0.1) is 0 Å². The molecule has 3 N–H and O–H groups in total. The second-order valence-electron chi connectivity index (χ2n) is 6.74. The Hall–Kier alpha value is -3.48. The van der Waals surface area contributed by atoms with Gasteiger partial charge in [-0.25, -0.2) is 14.4 Å². The van der Waals surface area contributed by atoms with Gasteiger partial charge in [0.25, 0.3) is 5.91 Å². The van der Waals surface area contributed by atoms with Crippen LogP contribution in [0, 0.1) is 5.82 Å². The van der Waals surface area contributed by atoms with Crippen molar-refractivity contribution in [3.8, 4) is 5.69 Å². The minimum Gasteiger partial charge on any atom is -0.384 e. The van der Waals surface area contributed by atoms with E-state index in [1.54, 1.807) is 16.7 Å². The van der Waals surface area contributed by atoms with E-state index in [0.717, 1.165) is 6.42 Å². The molecule has 0 saturated carbocycles. The van der Waals surface area contributed by atoms with Crippen LogP contribution >= 0.6 is 0 Å². The lowest BCUT2D eigenvalue weighted by atomic mass is 10.2. The molecule has 4 aromatic rings. The molecule has 0 fully saturated rings. The van der Waals surface area contributed by atoms with Gasteiger partial charge in [0.05, 0.1) is 16.7 Å². The summed E-state index contributed by atoms with van der Waals surface area (Å²) in [4.78, 5) is 22.3. The number of halogens is 1. The number of hydrogen-bond donors (Lipinski definition) is 2. The van der Waals surface area contributed by atoms with Crippen LogP contribution in [0.2, 0.25) is 0 Å². The van der Waals surface area contributed by atoms with Gasteiger partial charge in [-0.05, 0) is 43.7 Å². The van der Waals surface area contributed by atoms with Gasteiger partial charge in [-0.2, -0.15) is 0 Å². The van der Waals surface area contributed by atoms with E-state index in [9.17, 15) is 9.18 Å². The van der Waals surface area contributed by atoms with Crippen LogP contribution < -0.4 is 11.1 Å². The minimum atomic E-state index is -0.405. The van der Waals surface area contributed by atoms with Crippen molar-refractivity contribution in [1.29, 1.82) is 0 Å². The third kappa shape index (κ3) is 2.94. The van der Waals surface area contributed by atoms with Crippen molar-refractivity contribution in [2.24, 2.45) is 0 Å². The number of anilines is 1. The molecule has 0 saturated heterocycles. The zero-order valence-corrected chi connectivity index (χ0v) is 15.6. The predicted molar refractivity (Wildman–Crippen MR) is 108 cm³/mol. The second kappa shape index (κ2) is 6.92. The number of carbonyl (C=O) groups is 1. The molecule has 2 heterocycles. The van der Waals surface area contributed by atoms with Crippen molar-refractivity contribution in [2.75, 3.05) is 5.73 Å². The monoisotopic (exact) mass is 377 g/mol. The van der Waals surface area contributed by atoms with E-state index in [0.29, 0.717) is 27.9 Å². The molecular formula is C21H20FN5O. The Balaban J connectivity index is 2.04. The second-order valence-corrected chi connectivity index (χ2v) is 6.74. The molecule has 0 radical (unpaired) electrons. The van der Waals surface area contributed by atoms with Gasteiger partial charge in [0.2, 0.25) is 0 Å². The highest BCUT2D eigenvalue weighted by atomic mass is 19.1. The molecule has 0 aliphatic heterocycles. The molecule has 0 bridgehead atoms. The molecular weight excluding hydrogens is 357 g/mol. The number of rotatable bonds is 4. The maximum atomic E-state index is 13.9. The lowest BCUT2D eigenvalue weighted by Crippen LogP contribution is -2.32. The van der Waals surface area contributed by atoms with Crippen LogP contribution in [0.15, 0.2) is 48.5 Å². The highest BCUT2D eigenvalue weighted by Crippen LogP contribution is 2.31. The summed E-state index contributed by atoms with van der Waals surface area (Å²) in [6, 6.07) is 13.4. The first-order chi connectivity index (χ1) is 13.5. The SMILES string of the molecule is CC[C@@H](C)NC(=O)c1c(N)n(-c2cccc(F)c2)c2nc3ccccc3nc12. The van der Waals surface area contributed by atoms with Gasteiger partial charge >= 0.3 is 0 Å². The Morgan fingerprint density at radius 3 is 2.57 bits per heavy atom. The third-order valence-electron chi connectivity index (χ3n) is 4.78. The van der Waals surface area contributed by atoms with E-state index in [2.05, 4.69) is 15.3 Å². The standard InChI is InChI=1S/C21H20FN5O/c1-3-12(2)24-21(28)17-18-20(26-16-10-5-4-9-15(16)25-18)27(19(17)23)14-8-6-7-13(22)11-14/h4-12H,3,23H2,1-2H3,(H,24,28)/t12-/m1/s1. The van der Waals surface area contributed by atoms with Crippen molar-refractivity contribution < 1.29 is 9.18 Å². The summed E-state index contributed by atoms with van der Waals surface area (Å²) in [7, 11) is 0. The Labute approximate surface area is 161 Å². The maximum absolute atomic E-state index is 13.9. The topological polar surface area (TPSA) is 85.8 Å². The van der Waals surface area contributed by atoms with Gasteiger partial charge in [0.1, 0.15) is 22.7 Å². The molecule has 142 valence electrons. The van der Waals surface area contributed by atoms with Crippen LogP contribution in [0.3, 0.4) is 0 Å². The number of nitrogens with two attached hydrogens (primary N) is 1. The zero-order valence-electron chi connectivity index (χ0n) is 15.6. The highest BCUT2D eigenvalue weighted by molar-refractivity contribution is 6.11. The largest absolute Gasteiger partial charge is 0.384 e. The molecule has 4 rings (SSSR count). The fourth-order valence-corrected chi connectivity index (χ4v) is 3.16. The van der Waals surface area contributed by atoms with Crippen LogP contribution in [0.25, 0.3) is 27.9 Å². The maximum Gasteiger partial charge on any atom is 0.257 e. The number of nitrogens with zero attached hydrogens (tertiary/aromatic N) is 3. The number of aromatic nitrogens is 3. The summed E-state index contributed by atoms with van der Waals surface area (Å²) >= 11 is 0. The smallest absolute Gasteiger partial charge is 0.257 e. The molecule has 1 atom stereocenters. The summed E-state index contributed by atoms with van der Waals surface area (Å²) in [5, 5.41) is 2.93. The number of fused-ring (bicyclic) bond motifs is 2. The van der Waals surface area contributed by atoms with Crippen LogP contribution in [0.4, 0.5) is 10.2 Å². The van der Waals surface area contributed by atoms with Gasteiger partial charge in [0, 0.05) is 6.04 Å². The molecule has 28 heavy (non-hydrogen) atoms. The number of nitrogen functional groups attached to an aromatic ring is 1. The average Bonchev–Trinajstić information content (AvgIpc) is 2.96. The van der Waals surface area contributed by atoms with Crippen LogP contribution in [-0.4, -0.2) is 26.5 Å². The number of hydrogen-bond acceptors (Lipinski definition) is 4. The van der Waals surface area contributed by atoms with Crippen LogP contribution in [0.1, 0.15) is 30.6 Å². The number of carbonyl (C=O) groups excluding carboxylic acids is 1. The van der Waals surface area contributed by atoms with E-state index in [-0.39, 0.29) is 23.3 Å². The van der Waals surface area contributed by atoms with Crippen LogP contribution in [0.5, 0.6) is 0 Å². The Morgan fingerprint density at radius 1 is 1.18 bits per heavy atom. The summed E-state index contributed by atoms with van der Waals surface area (Å²) in [6.45, 7) is 3.90. The van der Waals surface area contributed by atoms with Crippen molar-refractivity contribution in [2.45, 2.75) is 26.3 Å². The molecule has 2 aromatic carbocycles. The molecule has 7 heteroatoms. The normalized spacial score (nSPS) is 12.4. The Kier molecular flexibility index (Phi) is 4.43. The van der Waals surface area contributed by atoms with E-state index >= 15 is 0 Å². The fourth-order valence-electron chi connectivity index (χ4n) is 3.16. The summed E-state index contributed by atoms with van der Waals surface area (Å²) in [5.74, 6) is -0.550. The van der Waals surface area contributed by atoms with Crippen LogP contribution in [-0.2, 0) is 0 Å². The van der Waals surface area contributed by atoms with Crippen molar-refractivity contribution >= 4 is 33.9 Å². The molecule has 1 amide bonds. The van der Waals surface area contributed by atoms with Crippen molar-refractivity contribution in [3.05, 3.63) is 59.9 Å². The first-order valence-corrected chi connectivity index (χ1v) is 9.13. The summed E-state index contributed by atoms with van der Waals surface area (Å²) < 4.78 is 15.4. The fraction of sp³-hybridized carbons (Fsp3) is 0.190. The lowest BCUT2D eigenvalue weighted by Gasteiger charge is -2.11. The molecule has 0 spiro atoms. The molecule has 0 unspecified atom stereocenters. The van der Waals surface area contributed by atoms with Gasteiger partial charge in [-0.3, -0.25) is 9.36 Å². The number of amides is 1. The third-order valence-corrected chi connectivity index (χ3v) is 4.78. The quantitative estimate of drug-likeness (QED) is 0.566. The van der Waals surface area contributed by atoms with Gasteiger partial charge < -0.3 is 11.1 Å². The zero-order chi connectivity index (χ0) is 19.8. The van der Waals surface area contributed by atoms with E-state index < -0.39 is 5.82 Å². The molecule has 0 aliphatic rings. The summed E-state index contributed by atoms with van der Waals surface area (Å²) in [6.07, 6.45) is 0.781. The number of para-hydroxylation sites is 2. The number of benzene rings is 2. The van der Waals surface area contributed by atoms with Gasteiger partial charge in [0.15, 0.2) is 5.65 Å². The Bertz CT molecular complexity index is 1200. The molecule has 6 nitrogen and oxygen atoms in total. The van der Waals surface area contributed by atoms with Crippen molar-refractivity contribution in [1.82, 2.24) is 19.9 Å². The Morgan fingerprint density at radius 2 is 1.89 bits per heavy atom. The average molecular weight is 377 g/mol. The predicted octanol–water partition coefficient (Wildman–Crippen LogP) is 3.82. The van der Waals surface area contributed by atoms with E-state index in [1.807, 2.05) is 38.1 Å². The highest BCUT2D eigenvalue weighted by Gasteiger charge is 2.25. The number of nitrogens with one attached hydrogen (secondary N) is 1. The van der Waals surface area contributed by atoms with Gasteiger partial charge in [-0.1, -0.05) is 25.1 Å². The summed E-state index contributed by atoms with van der Waals surface area (Å²) in [5.41, 5.74) is 9.23. The molecule has 0 aliphatic carbocycles. The molecule has 2 aromatic heterocycles.